The number of ether oxygens (including phenoxy) is 2. The molecule has 4 heteroatoms. The van der Waals surface area contributed by atoms with E-state index in [0.717, 1.165) is 23.6 Å². The van der Waals surface area contributed by atoms with Crippen molar-refractivity contribution in [2.75, 3.05) is 19.5 Å². The fraction of sp³-hybridized carbons (Fsp3) is 0.368. The normalized spacial score (nSPS) is 24.7. The molecule has 2 aliphatic rings. The summed E-state index contributed by atoms with van der Waals surface area (Å²) in [4.78, 5) is 1.43. The molecule has 1 aliphatic heterocycles. The first-order valence-electron chi connectivity index (χ1n) is 7.96. The summed E-state index contributed by atoms with van der Waals surface area (Å²) in [5, 5.41) is 5.95. The maximum atomic E-state index is 5.64. The lowest BCUT2D eigenvalue weighted by Gasteiger charge is -2.38. The Labute approximate surface area is 140 Å². The van der Waals surface area contributed by atoms with Crippen molar-refractivity contribution in [2.24, 2.45) is 5.92 Å². The molecular formula is C19H21NO2S. The van der Waals surface area contributed by atoms with Crippen LogP contribution in [-0.2, 0) is 0 Å². The molecular weight excluding hydrogens is 306 g/mol. The number of aryl methyl sites for hydroxylation is 1. The highest BCUT2D eigenvalue weighted by Crippen LogP contribution is 2.55. The van der Waals surface area contributed by atoms with Gasteiger partial charge < -0.3 is 14.8 Å². The van der Waals surface area contributed by atoms with Crippen LogP contribution in [0.1, 0.15) is 34.4 Å². The molecule has 0 amide bonds. The van der Waals surface area contributed by atoms with Gasteiger partial charge in [0.15, 0.2) is 0 Å². The van der Waals surface area contributed by atoms with Gasteiger partial charge in [-0.1, -0.05) is 12.2 Å². The van der Waals surface area contributed by atoms with Gasteiger partial charge in [0.2, 0.25) is 0 Å². The third kappa shape index (κ3) is 2.16. The SMILES string of the molecule is COc1ccc(OC)c2c1NC(c1sccc1C)C1CC=CC21. The van der Waals surface area contributed by atoms with Crippen LogP contribution in [0.25, 0.3) is 0 Å². The Morgan fingerprint density at radius 2 is 1.91 bits per heavy atom. The third-order valence-corrected chi connectivity index (χ3v) is 6.17. The van der Waals surface area contributed by atoms with Gasteiger partial charge in [-0.3, -0.25) is 0 Å². The zero-order chi connectivity index (χ0) is 16.0. The van der Waals surface area contributed by atoms with E-state index in [4.69, 9.17) is 9.47 Å². The molecule has 0 spiro atoms. The molecule has 120 valence electrons. The van der Waals surface area contributed by atoms with Crippen LogP contribution in [0.4, 0.5) is 5.69 Å². The number of nitrogens with one attached hydrogen (secondary N) is 1. The van der Waals surface area contributed by atoms with Gasteiger partial charge in [-0.2, -0.15) is 0 Å². The molecule has 0 fully saturated rings. The van der Waals surface area contributed by atoms with Crippen molar-refractivity contribution in [2.45, 2.75) is 25.3 Å². The number of fused-ring (bicyclic) bond motifs is 3. The summed E-state index contributed by atoms with van der Waals surface area (Å²) < 4.78 is 11.3. The van der Waals surface area contributed by atoms with Gasteiger partial charge in [0, 0.05) is 16.4 Å². The molecule has 1 aromatic heterocycles. The van der Waals surface area contributed by atoms with Gasteiger partial charge in [-0.25, -0.2) is 0 Å². The molecule has 0 bridgehead atoms. The summed E-state index contributed by atoms with van der Waals surface area (Å²) in [7, 11) is 3.47. The van der Waals surface area contributed by atoms with Gasteiger partial charge >= 0.3 is 0 Å². The van der Waals surface area contributed by atoms with Crippen LogP contribution >= 0.6 is 11.3 Å². The Bertz CT molecular complexity index is 765. The summed E-state index contributed by atoms with van der Waals surface area (Å²) in [5.74, 6) is 2.73. The highest BCUT2D eigenvalue weighted by Gasteiger charge is 2.41. The largest absolute Gasteiger partial charge is 0.496 e. The van der Waals surface area contributed by atoms with Crippen LogP contribution in [0.5, 0.6) is 11.5 Å². The Balaban J connectivity index is 1.89. The van der Waals surface area contributed by atoms with Gasteiger partial charge in [-0.15, -0.1) is 11.3 Å². The minimum Gasteiger partial charge on any atom is -0.496 e. The quantitative estimate of drug-likeness (QED) is 0.813. The van der Waals surface area contributed by atoms with E-state index in [1.54, 1.807) is 14.2 Å². The first-order valence-corrected chi connectivity index (χ1v) is 8.84. The van der Waals surface area contributed by atoms with Crippen molar-refractivity contribution in [3.05, 3.63) is 51.7 Å². The van der Waals surface area contributed by atoms with Gasteiger partial charge in [0.25, 0.3) is 0 Å². The number of rotatable bonds is 3. The number of allylic oxidation sites excluding steroid dienone is 2. The second-order valence-electron chi connectivity index (χ2n) is 6.20. The molecule has 4 rings (SSSR count). The summed E-state index contributed by atoms with van der Waals surface area (Å²) in [5.41, 5.74) is 3.68. The molecule has 2 aromatic rings. The standard InChI is InChI=1S/C19H21NO2S/c1-11-9-10-23-19(11)17-13-6-4-5-12(13)16-14(21-2)7-8-15(22-3)18(16)20-17/h4-5,7-10,12-13,17,20H,6H2,1-3H3. The van der Waals surface area contributed by atoms with Crippen LogP contribution in [-0.4, -0.2) is 14.2 Å². The van der Waals surface area contributed by atoms with Crippen LogP contribution < -0.4 is 14.8 Å². The molecule has 23 heavy (non-hydrogen) atoms. The fourth-order valence-electron chi connectivity index (χ4n) is 3.96. The molecule has 1 aliphatic carbocycles. The minimum absolute atomic E-state index is 0.323. The second-order valence-corrected chi connectivity index (χ2v) is 7.15. The molecule has 3 nitrogen and oxygen atoms in total. The van der Waals surface area contributed by atoms with Gasteiger partial charge in [-0.05, 0) is 48.4 Å². The van der Waals surface area contributed by atoms with E-state index < -0.39 is 0 Å². The maximum absolute atomic E-state index is 5.64. The van der Waals surface area contributed by atoms with Crippen molar-refractivity contribution in [3.8, 4) is 11.5 Å². The first kappa shape index (κ1) is 14.6. The summed E-state index contributed by atoms with van der Waals surface area (Å²) in [6, 6.07) is 6.53. The lowest BCUT2D eigenvalue weighted by Crippen LogP contribution is -2.29. The summed E-state index contributed by atoms with van der Waals surface area (Å²) >= 11 is 1.84. The number of hydrogen-bond donors (Lipinski definition) is 1. The Morgan fingerprint density at radius 1 is 1.13 bits per heavy atom. The smallest absolute Gasteiger partial charge is 0.142 e. The third-order valence-electron chi connectivity index (χ3n) is 5.07. The number of thiophene rings is 1. The minimum atomic E-state index is 0.323. The highest BCUT2D eigenvalue weighted by molar-refractivity contribution is 7.10. The lowest BCUT2D eigenvalue weighted by atomic mass is 9.78. The molecule has 3 unspecified atom stereocenters. The number of methoxy groups -OCH3 is 2. The zero-order valence-corrected chi connectivity index (χ0v) is 14.4. The van der Waals surface area contributed by atoms with E-state index in [1.165, 1.54) is 16.0 Å². The average Bonchev–Trinajstić information content (AvgIpc) is 3.21. The van der Waals surface area contributed by atoms with Crippen molar-refractivity contribution < 1.29 is 9.47 Å². The maximum Gasteiger partial charge on any atom is 0.142 e. The lowest BCUT2D eigenvalue weighted by molar-refractivity contribution is 0.372. The predicted molar refractivity (Wildman–Crippen MR) is 95.0 cm³/mol. The molecule has 1 aromatic carbocycles. The average molecular weight is 327 g/mol. The number of benzene rings is 1. The molecule has 3 atom stereocenters. The Kier molecular flexibility index (Phi) is 3.57. The van der Waals surface area contributed by atoms with Crippen molar-refractivity contribution >= 4 is 17.0 Å². The van der Waals surface area contributed by atoms with E-state index in [9.17, 15) is 0 Å². The topological polar surface area (TPSA) is 30.5 Å². The van der Waals surface area contributed by atoms with E-state index in [1.807, 2.05) is 23.5 Å². The van der Waals surface area contributed by atoms with Crippen LogP contribution in [0, 0.1) is 12.8 Å². The van der Waals surface area contributed by atoms with Crippen LogP contribution in [0.3, 0.4) is 0 Å². The van der Waals surface area contributed by atoms with Crippen molar-refractivity contribution in [3.63, 3.8) is 0 Å². The van der Waals surface area contributed by atoms with Crippen molar-refractivity contribution in [1.29, 1.82) is 0 Å². The van der Waals surface area contributed by atoms with E-state index in [0.29, 0.717) is 17.9 Å². The monoisotopic (exact) mass is 327 g/mol. The van der Waals surface area contributed by atoms with Gasteiger partial charge in [0.05, 0.1) is 25.9 Å². The van der Waals surface area contributed by atoms with Crippen molar-refractivity contribution in [1.82, 2.24) is 0 Å². The predicted octanol–water partition coefficient (Wildman–Crippen LogP) is 4.90. The Hall–Kier alpha value is -1.94. The summed E-state index contributed by atoms with van der Waals surface area (Å²) in [6.07, 6.45) is 5.74. The van der Waals surface area contributed by atoms with Crippen LogP contribution in [0.15, 0.2) is 35.7 Å². The molecule has 1 N–H and O–H groups in total. The highest BCUT2D eigenvalue weighted by atomic mass is 32.1. The number of hydrogen-bond acceptors (Lipinski definition) is 4. The fourth-order valence-corrected chi connectivity index (χ4v) is 5.01. The molecule has 0 radical (unpaired) electrons. The Morgan fingerprint density at radius 3 is 2.61 bits per heavy atom. The first-order chi connectivity index (χ1) is 11.2. The zero-order valence-electron chi connectivity index (χ0n) is 13.6. The van der Waals surface area contributed by atoms with E-state index >= 15 is 0 Å². The second kappa shape index (κ2) is 5.60. The van der Waals surface area contributed by atoms with E-state index in [-0.39, 0.29) is 0 Å². The molecule has 2 heterocycles. The van der Waals surface area contributed by atoms with E-state index in [2.05, 4.69) is 35.8 Å². The van der Waals surface area contributed by atoms with Crippen LogP contribution in [0.2, 0.25) is 0 Å². The number of anilines is 1. The molecule has 0 saturated heterocycles. The molecule has 0 saturated carbocycles. The van der Waals surface area contributed by atoms with Gasteiger partial charge in [0.1, 0.15) is 11.5 Å². The summed E-state index contributed by atoms with van der Waals surface area (Å²) in [6.45, 7) is 2.20.